The molecule has 0 amide bonds. The first kappa shape index (κ1) is 52.2. The lowest BCUT2D eigenvalue weighted by atomic mass is 9.79. The number of fused-ring (bicyclic) bond motifs is 10. The van der Waals surface area contributed by atoms with Crippen LogP contribution in [-0.4, -0.2) is 109 Å². The summed E-state index contributed by atoms with van der Waals surface area (Å²) in [6.07, 6.45) is 7.67. The third-order valence-electron chi connectivity index (χ3n) is 12.2. The Hall–Kier alpha value is -4.15. The fourth-order valence-electron chi connectivity index (χ4n) is 10.0. The second-order valence-corrected chi connectivity index (χ2v) is 23.8. The molecule has 4 atom stereocenters. The molecule has 0 bridgehead atoms. The maximum Gasteiger partial charge on any atom is 0.210 e. The standard InChI is InChI=1S/C42H42N2O20S6/c45-27(21-67(49,50)51)19-43-33-14-11-26-16-30(69(55,56)57)18-35(66-64-62-48)37(26)39(33)32-12-9-24(42(32)43)6-3-1-2-5-23-7-4-8-31-40-34(44(41(23)31)20-28(46)22-68(52,53)54)13-10-25-15-29(65-63-61-47)17-36(38(25)40)70(58,59)60/h1-3,5-6,10-11,13-18,27-28,31-32,45-46H,4,7-9,12,19-22H2,(H5-,47,48,49,50,51,52,53,54,55,56,57,58,59,60)/p-5. The summed E-state index contributed by atoms with van der Waals surface area (Å²) in [6.45, 7) is -0.744. The van der Waals surface area contributed by atoms with Crippen LogP contribution < -0.4 is 15.4 Å². The Labute approximate surface area is 408 Å². The van der Waals surface area contributed by atoms with E-state index in [0.29, 0.717) is 101 Å². The van der Waals surface area contributed by atoms with E-state index in [1.807, 2.05) is 0 Å². The number of β-amino-alcohol motifs (C(OH)–C–C–N with tert-alkyl or cyclic N) is 2. The van der Waals surface area contributed by atoms with E-state index < -0.39 is 92.4 Å². The van der Waals surface area contributed by atoms with Gasteiger partial charge in [0.2, 0.25) is 5.69 Å². The van der Waals surface area contributed by atoms with E-state index in [-0.39, 0.29) is 32.5 Å². The summed E-state index contributed by atoms with van der Waals surface area (Å²) in [6, 6.07) is 10.9. The molecule has 4 unspecified atom stereocenters. The van der Waals surface area contributed by atoms with Gasteiger partial charge in [-0.15, -0.1) is 0 Å². The molecule has 2 aliphatic heterocycles. The molecule has 2 N–H and O–H groups in total. The molecule has 0 saturated heterocycles. The molecule has 8 rings (SSSR count). The van der Waals surface area contributed by atoms with Crippen LogP contribution in [0.4, 0.5) is 11.4 Å². The van der Waals surface area contributed by atoms with Gasteiger partial charge >= 0.3 is 0 Å². The van der Waals surface area contributed by atoms with E-state index in [1.54, 1.807) is 52.0 Å². The molecule has 4 aromatic carbocycles. The molecule has 2 heterocycles. The van der Waals surface area contributed by atoms with E-state index >= 15 is 0 Å². The first-order valence-corrected chi connectivity index (χ1v) is 28.2. The van der Waals surface area contributed by atoms with Crippen molar-refractivity contribution in [3.8, 4) is 0 Å². The Morgan fingerprint density at radius 1 is 0.743 bits per heavy atom. The van der Waals surface area contributed by atoms with Crippen molar-refractivity contribution in [1.82, 2.24) is 0 Å². The number of aliphatic hydroxyl groups excluding tert-OH is 2. The van der Waals surface area contributed by atoms with Crippen molar-refractivity contribution < 1.29 is 95.9 Å². The first-order chi connectivity index (χ1) is 33.0. The molecular weight excluding hydrogens is 1040 g/mol. The maximum atomic E-state index is 12.8. The molecule has 4 aliphatic rings. The largest absolute Gasteiger partial charge is 0.748 e. The summed E-state index contributed by atoms with van der Waals surface area (Å²) in [5.41, 5.74) is 4.44. The van der Waals surface area contributed by atoms with Crippen molar-refractivity contribution in [3.05, 3.63) is 107 Å². The Balaban J connectivity index is 1.18. The predicted molar refractivity (Wildman–Crippen MR) is 240 cm³/mol. The lowest BCUT2D eigenvalue weighted by molar-refractivity contribution is -0.777. The molecule has 0 spiro atoms. The predicted octanol–water partition coefficient (Wildman–Crippen LogP) is 2.13. The van der Waals surface area contributed by atoms with Crippen molar-refractivity contribution in [1.29, 1.82) is 0 Å². The Morgan fingerprint density at radius 3 is 2.11 bits per heavy atom. The zero-order valence-electron chi connectivity index (χ0n) is 35.8. The number of aliphatic hydroxyl groups is 2. The molecule has 28 heteroatoms. The normalized spacial score (nSPS) is 20.1. The summed E-state index contributed by atoms with van der Waals surface area (Å²) in [4.78, 5) is 0.523. The SMILES string of the molecule is O=S(=O)([O-])CC(O)CN1C2=C(/C=C/C=C/C=C3\CCCC4C3=[N+](CC(O)CS(=O)(=O)[O-])c3ccc5cc(SOO[O-])cc(S(=O)(=O)[O-])c5c34)CCC2c2c1ccc1cc(S(=O)(=O)[O-])cc(SOO[O-])c21. The van der Waals surface area contributed by atoms with Gasteiger partial charge in [0.1, 0.15) is 26.3 Å². The second-order valence-electron chi connectivity index (χ2n) is 16.6. The van der Waals surface area contributed by atoms with Gasteiger partial charge in [0.05, 0.1) is 77.6 Å². The summed E-state index contributed by atoms with van der Waals surface area (Å²) < 4.78 is 155. The van der Waals surface area contributed by atoms with Crippen LogP contribution in [0.3, 0.4) is 0 Å². The fourth-order valence-corrected chi connectivity index (χ4v) is 13.6. The molecule has 4 aromatic rings. The minimum absolute atomic E-state index is 0.0373. The zero-order valence-corrected chi connectivity index (χ0v) is 40.7. The van der Waals surface area contributed by atoms with E-state index in [1.165, 1.54) is 18.2 Å². The molecule has 1 fully saturated rings. The zero-order chi connectivity index (χ0) is 50.5. The highest BCUT2D eigenvalue weighted by Crippen LogP contribution is 2.56. The van der Waals surface area contributed by atoms with Crippen LogP contribution in [0.15, 0.2) is 115 Å². The van der Waals surface area contributed by atoms with Crippen molar-refractivity contribution in [2.75, 3.05) is 29.5 Å². The molecule has 1 saturated carbocycles. The molecule has 0 aromatic heterocycles. The summed E-state index contributed by atoms with van der Waals surface area (Å²) in [7, 11) is -19.9. The van der Waals surface area contributed by atoms with Crippen molar-refractivity contribution in [3.63, 3.8) is 0 Å². The molecule has 376 valence electrons. The lowest BCUT2D eigenvalue weighted by Gasteiger charge is -2.26. The van der Waals surface area contributed by atoms with Crippen LogP contribution in [0.2, 0.25) is 0 Å². The average Bonchev–Trinajstić information content (AvgIpc) is 3.92. The van der Waals surface area contributed by atoms with E-state index in [4.69, 9.17) is 0 Å². The van der Waals surface area contributed by atoms with E-state index in [0.717, 1.165) is 23.8 Å². The van der Waals surface area contributed by atoms with Crippen molar-refractivity contribution in [2.24, 2.45) is 0 Å². The number of nitrogens with zero attached hydrogens (tertiary/aromatic N) is 2. The third-order valence-corrected chi connectivity index (χ3v) is 16.7. The number of hydrogen-bond donors (Lipinski definition) is 2. The molecular formula is C42H37N2O20S6-5. The maximum absolute atomic E-state index is 12.8. The summed E-state index contributed by atoms with van der Waals surface area (Å²) in [5, 5.41) is 51.1. The highest BCUT2D eigenvalue weighted by atomic mass is 32.2. The average molecular weight is 1080 g/mol. The number of rotatable bonds is 19. The van der Waals surface area contributed by atoms with Gasteiger partial charge in [0, 0.05) is 61.6 Å². The molecule has 2 aliphatic carbocycles. The van der Waals surface area contributed by atoms with Crippen LogP contribution in [0.5, 0.6) is 0 Å². The van der Waals surface area contributed by atoms with Crippen molar-refractivity contribution >= 4 is 103 Å². The Bertz CT molecular complexity index is 3410. The van der Waals surface area contributed by atoms with Crippen LogP contribution >= 0.6 is 24.1 Å². The highest BCUT2D eigenvalue weighted by molar-refractivity contribution is 7.95. The monoisotopic (exact) mass is 1080 g/mol. The van der Waals surface area contributed by atoms with Gasteiger partial charge in [-0.25, -0.2) is 33.7 Å². The second kappa shape index (κ2) is 20.4. The summed E-state index contributed by atoms with van der Waals surface area (Å²) >= 11 is 0.750. The Morgan fingerprint density at radius 2 is 1.43 bits per heavy atom. The summed E-state index contributed by atoms with van der Waals surface area (Å²) in [5.74, 6) is -3.26. The van der Waals surface area contributed by atoms with Crippen LogP contribution in [-0.2, 0) is 59.2 Å². The fraction of sp³-hybridized carbons (Fsp3) is 0.310. The Kier molecular flexibility index (Phi) is 15.2. The van der Waals surface area contributed by atoms with Gasteiger partial charge < -0.3 is 43.8 Å². The molecule has 0 radical (unpaired) electrons. The number of allylic oxidation sites excluding steroid dienone is 8. The van der Waals surface area contributed by atoms with Gasteiger partial charge in [-0.05, 0) is 90.4 Å². The van der Waals surface area contributed by atoms with Gasteiger partial charge in [-0.1, -0.05) is 36.4 Å². The van der Waals surface area contributed by atoms with Gasteiger partial charge in [-0.2, -0.15) is 13.2 Å². The first-order valence-electron chi connectivity index (χ1n) is 20.8. The van der Waals surface area contributed by atoms with Crippen LogP contribution in [0.25, 0.3) is 21.5 Å². The highest BCUT2D eigenvalue weighted by Gasteiger charge is 2.46. The van der Waals surface area contributed by atoms with Gasteiger partial charge in [-0.3, -0.25) is 10.1 Å². The lowest BCUT2D eigenvalue weighted by Crippen LogP contribution is -2.34. The van der Waals surface area contributed by atoms with Gasteiger partial charge in [0.25, 0.3) is 0 Å². The smallest absolute Gasteiger partial charge is 0.210 e. The topological polar surface area (TPSA) is 359 Å². The third kappa shape index (κ3) is 11.1. The molecule has 22 nitrogen and oxygen atoms in total. The van der Waals surface area contributed by atoms with Crippen molar-refractivity contribution in [2.45, 2.75) is 75.7 Å². The minimum atomic E-state index is -5.18. The number of hydrogen-bond acceptors (Lipinski definition) is 23. The number of anilines is 1. The quantitative estimate of drug-likeness (QED) is 0.0339. The minimum Gasteiger partial charge on any atom is -0.748 e. The van der Waals surface area contributed by atoms with E-state index in [2.05, 4.69) is 18.7 Å². The van der Waals surface area contributed by atoms with Gasteiger partial charge in [0.15, 0.2) is 12.3 Å². The molecule has 70 heavy (non-hydrogen) atoms. The number of benzene rings is 4. The van der Waals surface area contributed by atoms with E-state index in [9.17, 15) is 72.6 Å². The van der Waals surface area contributed by atoms with Crippen LogP contribution in [0, 0.1) is 0 Å². The van der Waals surface area contributed by atoms with Crippen LogP contribution in [0.1, 0.15) is 55.1 Å².